The summed E-state index contributed by atoms with van der Waals surface area (Å²) in [6.45, 7) is 3.51. The highest BCUT2D eigenvalue weighted by molar-refractivity contribution is 7.80. The molecule has 0 aromatic heterocycles. The number of rotatable bonds is 36. The lowest BCUT2D eigenvalue weighted by Crippen LogP contribution is -2.60. The van der Waals surface area contributed by atoms with Gasteiger partial charge in [-0.15, -0.1) is 0 Å². The van der Waals surface area contributed by atoms with Gasteiger partial charge in [-0.25, -0.2) is 4.18 Å². The van der Waals surface area contributed by atoms with Crippen LogP contribution in [0.4, 0.5) is 0 Å². The molecule has 0 spiro atoms. The lowest BCUT2D eigenvalue weighted by atomic mass is 9.99. The second-order valence-corrected chi connectivity index (χ2v) is 15.6. The summed E-state index contributed by atoms with van der Waals surface area (Å²) in [6.07, 6.45) is 46.8. The van der Waals surface area contributed by atoms with Crippen molar-refractivity contribution in [3.05, 3.63) is 122 Å². The lowest BCUT2D eigenvalue weighted by molar-refractivity contribution is -0.301. The van der Waals surface area contributed by atoms with E-state index >= 15 is 0 Å². The number of hydrogen-bond acceptors (Lipinski definition) is 11. The van der Waals surface area contributed by atoms with E-state index in [1.165, 1.54) is 0 Å². The third kappa shape index (κ3) is 32.2. The van der Waals surface area contributed by atoms with Gasteiger partial charge in [0.05, 0.1) is 19.8 Å². The molecule has 0 amide bonds. The summed E-state index contributed by atoms with van der Waals surface area (Å²) < 4.78 is 58.9. The van der Waals surface area contributed by atoms with E-state index in [2.05, 4.69) is 140 Å². The largest absolute Gasteiger partial charge is 0.457 e. The fraction of sp³-hybridized carbons (Fsp3) is 0.571. The first-order valence-corrected chi connectivity index (χ1v) is 23.7. The van der Waals surface area contributed by atoms with Gasteiger partial charge in [-0.3, -0.25) is 9.35 Å². The molecule has 12 nitrogen and oxygen atoms in total. The van der Waals surface area contributed by atoms with Crippen molar-refractivity contribution in [3.63, 3.8) is 0 Å². The second kappa shape index (κ2) is 39.1. The molecule has 0 aromatic carbocycles. The Kier molecular flexibility index (Phi) is 35.7. The first-order valence-electron chi connectivity index (χ1n) is 22.3. The summed E-state index contributed by atoms with van der Waals surface area (Å²) in [5, 5.41) is 30.6. The molecule has 6 atom stereocenters. The monoisotopic (exact) mass is 889 g/mol. The van der Waals surface area contributed by atoms with Crippen LogP contribution in [0.1, 0.15) is 117 Å². The minimum atomic E-state index is -5.08. The number of esters is 1. The maximum Gasteiger partial charge on any atom is 0.397 e. The molecule has 1 fully saturated rings. The van der Waals surface area contributed by atoms with Crippen LogP contribution in [0.25, 0.3) is 0 Å². The van der Waals surface area contributed by atoms with Gasteiger partial charge in [0.2, 0.25) is 0 Å². The molecular weight excluding hydrogens is 813 g/mol. The van der Waals surface area contributed by atoms with E-state index in [4.69, 9.17) is 23.5 Å². The van der Waals surface area contributed by atoms with Crippen molar-refractivity contribution in [2.24, 2.45) is 0 Å². The molecule has 0 bridgehead atoms. The summed E-state index contributed by atoms with van der Waals surface area (Å²) in [5.41, 5.74) is 0. The normalized spacial score (nSPS) is 21.2. The molecule has 0 aromatic rings. The Bertz CT molecular complexity index is 1540. The summed E-state index contributed by atoms with van der Waals surface area (Å²) in [6, 6.07) is 0. The number of aliphatic hydroxyl groups excluding tert-OH is 3. The van der Waals surface area contributed by atoms with Crippen molar-refractivity contribution >= 4 is 16.4 Å². The number of unbranched alkanes of at least 4 members (excludes halogenated alkanes) is 3. The van der Waals surface area contributed by atoms with E-state index < -0.39 is 59.8 Å². The average molecular weight is 889 g/mol. The van der Waals surface area contributed by atoms with E-state index in [-0.39, 0.29) is 19.6 Å². The Morgan fingerprint density at radius 2 is 1.05 bits per heavy atom. The zero-order chi connectivity index (χ0) is 45.4. The second-order valence-electron chi connectivity index (χ2n) is 14.5. The molecule has 0 saturated carbocycles. The molecule has 1 aliphatic heterocycles. The van der Waals surface area contributed by atoms with Crippen LogP contribution in [0.5, 0.6) is 0 Å². The molecule has 1 saturated heterocycles. The number of hydrogen-bond donors (Lipinski definition) is 4. The van der Waals surface area contributed by atoms with Crippen molar-refractivity contribution in [3.8, 4) is 0 Å². The van der Waals surface area contributed by atoms with Gasteiger partial charge in [0.1, 0.15) is 30.5 Å². The molecule has 62 heavy (non-hydrogen) atoms. The van der Waals surface area contributed by atoms with E-state index in [0.717, 1.165) is 89.9 Å². The van der Waals surface area contributed by atoms with Gasteiger partial charge in [0.25, 0.3) is 0 Å². The van der Waals surface area contributed by atoms with Crippen LogP contribution in [0.3, 0.4) is 0 Å². The van der Waals surface area contributed by atoms with Crippen molar-refractivity contribution in [1.82, 2.24) is 0 Å². The summed E-state index contributed by atoms with van der Waals surface area (Å²) in [4.78, 5) is 12.8. The summed E-state index contributed by atoms with van der Waals surface area (Å²) >= 11 is 0. The van der Waals surface area contributed by atoms with E-state index in [9.17, 15) is 28.5 Å². The van der Waals surface area contributed by atoms with Crippen LogP contribution in [-0.4, -0.2) is 97.5 Å². The first kappa shape index (κ1) is 56.5. The Balaban J connectivity index is 2.52. The van der Waals surface area contributed by atoms with E-state index in [0.29, 0.717) is 13.0 Å². The molecule has 0 radical (unpaired) electrons. The number of carbonyl (C=O) groups is 1. The molecule has 0 aliphatic carbocycles. The smallest absolute Gasteiger partial charge is 0.397 e. The fourth-order valence-corrected chi connectivity index (χ4v) is 6.30. The first-order chi connectivity index (χ1) is 30.1. The molecular formula is C49H76O12S. The van der Waals surface area contributed by atoms with Gasteiger partial charge in [0.15, 0.2) is 6.29 Å². The maximum absolute atomic E-state index is 12.8. The van der Waals surface area contributed by atoms with Gasteiger partial charge in [-0.2, -0.15) is 8.42 Å². The van der Waals surface area contributed by atoms with Crippen LogP contribution in [0.15, 0.2) is 122 Å². The van der Waals surface area contributed by atoms with Gasteiger partial charge >= 0.3 is 16.4 Å². The highest BCUT2D eigenvalue weighted by atomic mass is 32.3. The van der Waals surface area contributed by atoms with E-state index in [1.807, 2.05) is 0 Å². The molecule has 1 aliphatic rings. The van der Waals surface area contributed by atoms with Crippen molar-refractivity contribution < 1.29 is 56.2 Å². The molecule has 4 N–H and O–H groups in total. The highest BCUT2D eigenvalue weighted by Crippen LogP contribution is 2.26. The van der Waals surface area contributed by atoms with Crippen LogP contribution >= 0.6 is 0 Å². The van der Waals surface area contributed by atoms with Gasteiger partial charge in [0, 0.05) is 13.0 Å². The average Bonchev–Trinajstić information content (AvgIpc) is 3.24. The van der Waals surface area contributed by atoms with Crippen LogP contribution in [0, 0.1) is 0 Å². The zero-order valence-corrected chi connectivity index (χ0v) is 37.9. The quantitative estimate of drug-likeness (QED) is 0.0203. The van der Waals surface area contributed by atoms with Crippen molar-refractivity contribution in [2.75, 3.05) is 26.4 Å². The number of carbonyl (C=O) groups excluding carboxylic acids is 1. The predicted molar refractivity (Wildman–Crippen MR) is 247 cm³/mol. The SMILES string of the molecule is CC/C=C\C/C=C\C/C=C\C/C=C\C/C=C\C/C=C\CCCCC(=O)OC(COCCC/C=C\C/C=C\C/C=C\C/C=C\CC)COC1OC(CO)C(O)C(OS(=O)(=O)O)C1O. The zero-order valence-electron chi connectivity index (χ0n) is 37.1. The standard InChI is InChI=1S/C49H76O12S/c1-3-5-7-9-11-13-15-17-19-20-21-22-23-24-25-26-28-30-32-34-36-38-45(51)59-43(41-57-39-37-35-33-31-29-27-18-16-14-12-10-8-6-4-2)42-58-49-47(53)48(61-62(54,55)56)46(52)44(40-50)60-49/h5-8,11-14,17-19,21-22,24-25,27-28,30-31,33,43-44,46-50,52-53H,3-4,9-10,15-16,20,23,26,29,32,34-42H2,1-2H3,(H,54,55,56)/b7-5-,8-6-,13-11-,14-12-,19-17-,22-21-,25-24-,27-18-,30-28-,33-31-. The Morgan fingerprint density at radius 3 is 1.48 bits per heavy atom. The topological polar surface area (TPSA) is 178 Å². The Labute approximate surface area is 372 Å². The Hall–Kier alpha value is -3.50. The van der Waals surface area contributed by atoms with Crippen molar-refractivity contribution in [1.29, 1.82) is 0 Å². The molecule has 13 heteroatoms. The molecule has 1 heterocycles. The van der Waals surface area contributed by atoms with Gasteiger partial charge in [-0.1, -0.05) is 135 Å². The summed E-state index contributed by atoms with van der Waals surface area (Å²) in [7, 11) is -5.08. The fourth-order valence-electron chi connectivity index (χ4n) is 5.79. The van der Waals surface area contributed by atoms with Crippen LogP contribution in [-0.2, 0) is 38.3 Å². The number of aliphatic hydroxyl groups is 3. The van der Waals surface area contributed by atoms with Gasteiger partial charge < -0.3 is 34.3 Å². The van der Waals surface area contributed by atoms with Gasteiger partial charge in [-0.05, 0) is 96.3 Å². The molecule has 1 rings (SSSR count). The number of ether oxygens (including phenoxy) is 4. The molecule has 350 valence electrons. The number of allylic oxidation sites excluding steroid dienone is 20. The third-order valence-corrected chi connectivity index (χ3v) is 9.54. The van der Waals surface area contributed by atoms with Crippen molar-refractivity contribution in [2.45, 2.75) is 153 Å². The maximum atomic E-state index is 12.8. The Morgan fingerprint density at radius 1 is 0.613 bits per heavy atom. The highest BCUT2D eigenvalue weighted by Gasteiger charge is 2.48. The van der Waals surface area contributed by atoms with Crippen LogP contribution < -0.4 is 0 Å². The van der Waals surface area contributed by atoms with Crippen LogP contribution in [0.2, 0.25) is 0 Å². The minimum Gasteiger partial charge on any atom is -0.457 e. The summed E-state index contributed by atoms with van der Waals surface area (Å²) in [5.74, 6) is -0.467. The third-order valence-electron chi connectivity index (χ3n) is 9.08. The minimum absolute atomic E-state index is 0.0295. The predicted octanol–water partition coefficient (Wildman–Crippen LogP) is 9.40. The van der Waals surface area contributed by atoms with E-state index in [1.54, 1.807) is 0 Å². The lowest BCUT2D eigenvalue weighted by Gasteiger charge is -2.41. The molecule has 6 unspecified atom stereocenters.